The molecule has 2 atom stereocenters. The molecule has 0 saturated heterocycles. The number of hydrogen-bond acceptors (Lipinski definition) is 4. The fourth-order valence-electron chi connectivity index (χ4n) is 5.17. The highest BCUT2D eigenvalue weighted by molar-refractivity contribution is 5.92. The Hall–Kier alpha value is -3.35. The van der Waals surface area contributed by atoms with Crippen molar-refractivity contribution in [3.63, 3.8) is 0 Å². The summed E-state index contributed by atoms with van der Waals surface area (Å²) < 4.78 is 5.53. The highest BCUT2D eigenvalue weighted by atomic mass is 16.6. The average molecular weight is 594 g/mol. The predicted molar refractivity (Wildman–Crippen MR) is 175 cm³/mol. The lowest BCUT2D eigenvalue weighted by Crippen LogP contribution is -2.53. The van der Waals surface area contributed by atoms with Gasteiger partial charge in [-0.3, -0.25) is 9.59 Å². The van der Waals surface area contributed by atoms with Crippen molar-refractivity contribution in [1.82, 2.24) is 15.5 Å². The third-order valence-electron chi connectivity index (χ3n) is 7.54. The number of nitrogens with one attached hydrogen (secondary N) is 2. The first-order chi connectivity index (χ1) is 20.3. The van der Waals surface area contributed by atoms with Gasteiger partial charge in [0, 0.05) is 13.1 Å². The molecule has 3 amide bonds. The normalized spacial score (nSPS) is 12.9. The van der Waals surface area contributed by atoms with E-state index in [0.29, 0.717) is 19.5 Å². The second kappa shape index (κ2) is 17.7. The summed E-state index contributed by atoms with van der Waals surface area (Å²) in [4.78, 5) is 43.2. The summed E-state index contributed by atoms with van der Waals surface area (Å²) in [5.74, 6) is -0.378. The van der Waals surface area contributed by atoms with Gasteiger partial charge in [0.1, 0.15) is 17.7 Å². The maximum atomic E-state index is 14.5. The van der Waals surface area contributed by atoms with E-state index in [1.807, 2.05) is 76.2 Å². The van der Waals surface area contributed by atoms with Crippen LogP contribution in [0.1, 0.15) is 115 Å². The molecule has 0 bridgehead atoms. The summed E-state index contributed by atoms with van der Waals surface area (Å²) >= 11 is 0. The summed E-state index contributed by atoms with van der Waals surface area (Å²) in [7, 11) is 0. The minimum Gasteiger partial charge on any atom is -0.444 e. The van der Waals surface area contributed by atoms with Gasteiger partial charge in [-0.25, -0.2) is 4.79 Å². The Morgan fingerprint density at radius 3 is 2.16 bits per heavy atom. The Kier molecular flexibility index (Phi) is 14.7. The Morgan fingerprint density at radius 2 is 1.53 bits per heavy atom. The number of rotatable bonds is 16. The predicted octanol–water partition coefficient (Wildman–Crippen LogP) is 7.79. The molecule has 2 rings (SSSR count). The van der Waals surface area contributed by atoms with Gasteiger partial charge in [0.15, 0.2) is 0 Å². The van der Waals surface area contributed by atoms with Gasteiger partial charge in [0.05, 0.1) is 0 Å². The van der Waals surface area contributed by atoms with E-state index in [1.54, 1.807) is 25.7 Å². The van der Waals surface area contributed by atoms with E-state index in [9.17, 15) is 14.4 Å². The number of alkyl carbamates (subject to hydrolysis) is 1. The first-order valence-corrected chi connectivity index (χ1v) is 16.0. The number of ether oxygens (including phenoxy) is 1. The van der Waals surface area contributed by atoms with Crippen molar-refractivity contribution in [2.75, 3.05) is 6.54 Å². The molecule has 0 aromatic heterocycles. The largest absolute Gasteiger partial charge is 0.444 e. The van der Waals surface area contributed by atoms with E-state index < -0.39 is 23.8 Å². The summed E-state index contributed by atoms with van der Waals surface area (Å²) in [6, 6.07) is 14.0. The first-order valence-electron chi connectivity index (χ1n) is 16.0. The lowest BCUT2D eigenvalue weighted by atomic mass is 9.94. The highest BCUT2D eigenvalue weighted by Gasteiger charge is 2.37. The molecule has 2 aromatic rings. The zero-order valence-corrected chi connectivity index (χ0v) is 27.8. The van der Waals surface area contributed by atoms with Crippen LogP contribution in [0.5, 0.6) is 0 Å². The molecule has 0 aliphatic heterocycles. The molecule has 238 valence electrons. The highest BCUT2D eigenvalue weighted by Crippen LogP contribution is 2.29. The second-order valence-electron chi connectivity index (χ2n) is 13.0. The summed E-state index contributed by atoms with van der Waals surface area (Å²) in [6.45, 7) is 16.4. The van der Waals surface area contributed by atoms with E-state index in [0.717, 1.165) is 54.4 Å². The van der Waals surface area contributed by atoms with Crippen molar-refractivity contribution in [3.8, 4) is 0 Å². The topological polar surface area (TPSA) is 87.7 Å². The van der Waals surface area contributed by atoms with Gasteiger partial charge in [-0.15, -0.1) is 0 Å². The molecule has 2 N–H and O–H groups in total. The summed E-state index contributed by atoms with van der Waals surface area (Å²) in [5.41, 5.74) is 3.10. The second-order valence-corrected chi connectivity index (χ2v) is 13.0. The van der Waals surface area contributed by atoms with E-state index in [2.05, 4.69) is 17.6 Å². The van der Waals surface area contributed by atoms with Crippen LogP contribution >= 0.6 is 0 Å². The minimum absolute atomic E-state index is 0.130. The van der Waals surface area contributed by atoms with Crippen LogP contribution < -0.4 is 10.6 Å². The third kappa shape index (κ3) is 12.4. The Morgan fingerprint density at radius 1 is 0.884 bits per heavy atom. The van der Waals surface area contributed by atoms with Crippen LogP contribution in [0.25, 0.3) is 0 Å². The lowest BCUT2D eigenvalue weighted by molar-refractivity contribution is -0.143. The van der Waals surface area contributed by atoms with Gasteiger partial charge in [-0.1, -0.05) is 101 Å². The van der Waals surface area contributed by atoms with Crippen LogP contribution in [0.3, 0.4) is 0 Å². The van der Waals surface area contributed by atoms with Gasteiger partial charge < -0.3 is 20.3 Å². The number of hydrogen-bond donors (Lipinski definition) is 2. The third-order valence-corrected chi connectivity index (χ3v) is 7.54. The molecule has 0 saturated carbocycles. The summed E-state index contributed by atoms with van der Waals surface area (Å²) in [5, 5.41) is 5.95. The van der Waals surface area contributed by atoms with Crippen molar-refractivity contribution in [2.24, 2.45) is 5.92 Å². The fourth-order valence-corrected chi connectivity index (χ4v) is 5.17. The van der Waals surface area contributed by atoms with Crippen LogP contribution in [-0.4, -0.2) is 41.0 Å². The number of amides is 3. The molecule has 2 aromatic carbocycles. The molecular weight excluding hydrogens is 538 g/mol. The molecule has 43 heavy (non-hydrogen) atoms. The number of unbranched alkanes of at least 4 members (excludes halogenated alkanes) is 5. The van der Waals surface area contributed by atoms with Crippen LogP contribution in [0.4, 0.5) is 4.79 Å². The van der Waals surface area contributed by atoms with Gasteiger partial charge in [0.2, 0.25) is 11.8 Å². The number of carbonyl (C=O) groups excluding carboxylic acids is 3. The molecule has 0 fully saturated rings. The zero-order valence-electron chi connectivity index (χ0n) is 27.8. The van der Waals surface area contributed by atoms with Crippen molar-refractivity contribution in [2.45, 2.75) is 125 Å². The number of aryl methyl sites for hydroxylation is 1. The van der Waals surface area contributed by atoms with Gasteiger partial charge in [-0.2, -0.15) is 0 Å². The first kappa shape index (κ1) is 35.8. The van der Waals surface area contributed by atoms with Crippen LogP contribution in [0.15, 0.2) is 48.5 Å². The Bertz CT molecular complexity index is 1160. The van der Waals surface area contributed by atoms with Crippen LogP contribution in [0.2, 0.25) is 0 Å². The zero-order chi connectivity index (χ0) is 32.0. The van der Waals surface area contributed by atoms with Gasteiger partial charge in [0.25, 0.3) is 0 Å². The van der Waals surface area contributed by atoms with Crippen molar-refractivity contribution in [1.29, 1.82) is 0 Å². The van der Waals surface area contributed by atoms with Crippen molar-refractivity contribution in [3.05, 3.63) is 70.8 Å². The maximum Gasteiger partial charge on any atom is 0.408 e. The van der Waals surface area contributed by atoms with Gasteiger partial charge in [-0.05, 0) is 75.6 Å². The lowest BCUT2D eigenvalue weighted by Gasteiger charge is -2.36. The molecule has 0 aliphatic carbocycles. The molecular formula is C36H55N3O4. The smallest absolute Gasteiger partial charge is 0.408 e. The average Bonchev–Trinajstić information content (AvgIpc) is 2.93. The number of carbonyl (C=O) groups is 3. The Labute approximate surface area is 260 Å². The molecule has 0 radical (unpaired) electrons. The molecule has 7 nitrogen and oxygen atoms in total. The fraction of sp³-hybridized carbons (Fsp3) is 0.583. The van der Waals surface area contributed by atoms with Crippen LogP contribution in [0, 0.1) is 19.8 Å². The van der Waals surface area contributed by atoms with Gasteiger partial charge >= 0.3 is 6.09 Å². The van der Waals surface area contributed by atoms with E-state index in [-0.39, 0.29) is 17.7 Å². The SMILES string of the molecule is CCCCCCCCN(C(=O)C(CC(C)C)NC(=O)OC(C)(C)C)C(C(=O)NCc1ccccc1)c1cccc(C)c1C. The summed E-state index contributed by atoms with van der Waals surface area (Å²) in [6.07, 6.45) is 6.10. The molecule has 0 heterocycles. The van der Waals surface area contributed by atoms with Crippen molar-refractivity contribution >= 4 is 17.9 Å². The number of benzene rings is 2. The Balaban J connectivity index is 2.51. The minimum atomic E-state index is -0.846. The van der Waals surface area contributed by atoms with E-state index >= 15 is 0 Å². The maximum absolute atomic E-state index is 14.5. The van der Waals surface area contributed by atoms with E-state index in [4.69, 9.17) is 4.74 Å². The molecule has 2 unspecified atom stereocenters. The number of nitrogens with zero attached hydrogens (tertiary/aromatic N) is 1. The molecule has 0 aliphatic rings. The molecule has 7 heteroatoms. The standard InChI is InChI=1S/C36H55N3O4/c1-9-10-11-12-13-17-23-39(34(41)31(24-26(2)3)38-35(42)43-36(6,7)8)32(30-22-18-19-27(4)28(30)5)33(40)37-25-29-20-15-14-16-21-29/h14-16,18-22,26,31-32H,9-13,17,23-25H2,1-8H3,(H,37,40)(H,38,42). The molecule has 0 spiro atoms. The van der Waals surface area contributed by atoms with Crippen molar-refractivity contribution < 1.29 is 19.1 Å². The van der Waals surface area contributed by atoms with Crippen LogP contribution in [-0.2, 0) is 20.9 Å². The monoisotopic (exact) mass is 593 g/mol. The van der Waals surface area contributed by atoms with E-state index in [1.165, 1.54) is 6.42 Å². The quantitative estimate of drug-likeness (QED) is 0.195.